The quantitative estimate of drug-likeness (QED) is 0.518. The third-order valence-corrected chi connectivity index (χ3v) is 4.61. The normalized spacial score (nSPS) is 13.3. The monoisotopic (exact) mass is 434 g/mol. The zero-order chi connectivity index (χ0) is 23.6. The summed E-state index contributed by atoms with van der Waals surface area (Å²) in [6.07, 6.45) is 2.55. The second kappa shape index (κ2) is 12.3. The number of carbonyl (C=O) groups is 3. The van der Waals surface area contributed by atoms with E-state index >= 15 is 0 Å². The molecule has 0 saturated heterocycles. The molecule has 0 spiro atoms. The van der Waals surface area contributed by atoms with Crippen LogP contribution in [0.5, 0.6) is 0 Å². The lowest BCUT2D eigenvalue weighted by atomic mass is 9.98. The first-order valence-corrected chi connectivity index (χ1v) is 10.9. The molecular formula is C24H38N2O5. The highest BCUT2D eigenvalue weighted by Gasteiger charge is 2.27. The average Bonchev–Trinajstić information content (AvgIpc) is 2.68. The van der Waals surface area contributed by atoms with Crippen molar-refractivity contribution in [3.63, 3.8) is 0 Å². The Kier molecular flexibility index (Phi) is 10.5. The van der Waals surface area contributed by atoms with Gasteiger partial charge in [-0.3, -0.25) is 4.79 Å². The molecule has 0 aliphatic carbocycles. The lowest BCUT2D eigenvalue weighted by Crippen LogP contribution is -2.49. The predicted octanol–water partition coefficient (Wildman–Crippen LogP) is 4.76. The van der Waals surface area contributed by atoms with Crippen LogP contribution in [0, 0.1) is 5.92 Å². The number of esters is 1. The molecule has 0 aromatic heterocycles. The number of unbranched alkanes of at least 4 members (excludes halogenated alkanes) is 1. The fraction of sp³-hybridized carbons (Fsp3) is 0.625. The Morgan fingerprint density at radius 3 is 2.13 bits per heavy atom. The van der Waals surface area contributed by atoms with Crippen molar-refractivity contribution in [2.45, 2.75) is 84.9 Å². The Morgan fingerprint density at radius 2 is 1.65 bits per heavy atom. The highest BCUT2D eigenvalue weighted by Crippen LogP contribution is 2.21. The molecule has 1 aromatic rings. The van der Waals surface area contributed by atoms with E-state index in [0.717, 1.165) is 24.8 Å². The molecule has 31 heavy (non-hydrogen) atoms. The van der Waals surface area contributed by atoms with Gasteiger partial charge in [0.05, 0.1) is 18.7 Å². The van der Waals surface area contributed by atoms with Gasteiger partial charge in [-0.25, -0.2) is 9.59 Å². The van der Waals surface area contributed by atoms with Gasteiger partial charge in [0.25, 0.3) is 0 Å². The number of carbonyl (C=O) groups excluding carboxylic acids is 3. The summed E-state index contributed by atoms with van der Waals surface area (Å²) in [5, 5.41) is 5.79. The van der Waals surface area contributed by atoms with Crippen LogP contribution in [0.15, 0.2) is 24.3 Å². The number of ether oxygens (including phenoxy) is 2. The van der Waals surface area contributed by atoms with E-state index in [1.54, 1.807) is 32.9 Å². The zero-order valence-electron chi connectivity index (χ0n) is 19.9. The zero-order valence-corrected chi connectivity index (χ0v) is 19.9. The van der Waals surface area contributed by atoms with Gasteiger partial charge >= 0.3 is 12.1 Å². The maximum atomic E-state index is 13.1. The molecule has 1 aromatic carbocycles. The van der Waals surface area contributed by atoms with E-state index in [-0.39, 0.29) is 17.9 Å². The smallest absolute Gasteiger partial charge is 0.408 e. The first-order chi connectivity index (χ1) is 14.5. The summed E-state index contributed by atoms with van der Waals surface area (Å²) in [7, 11) is 1.34. The van der Waals surface area contributed by atoms with Crippen molar-refractivity contribution in [2.75, 3.05) is 7.11 Å². The number of benzene rings is 1. The Balaban J connectivity index is 2.99. The predicted molar refractivity (Wildman–Crippen MR) is 121 cm³/mol. The fourth-order valence-corrected chi connectivity index (χ4v) is 3.12. The van der Waals surface area contributed by atoms with E-state index in [1.807, 2.05) is 26.0 Å². The van der Waals surface area contributed by atoms with Crippen LogP contribution in [0.1, 0.15) is 89.2 Å². The molecule has 7 heteroatoms. The Hall–Kier alpha value is -2.57. The maximum Gasteiger partial charge on any atom is 0.408 e. The molecule has 0 radical (unpaired) electrons. The van der Waals surface area contributed by atoms with E-state index < -0.39 is 23.7 Å². The summed E-state index contributed by atoms with van der Waals surface area (Å²) in [6.45, 7) is 11.4. The van der Waals surface area contributed by atoms with Crippen molar-refractivity contribution in [3.8, 4) is 0 Å². The number of hydrogen-bond donors (Lipinski definition) is 2. The standard InChI is InChI=1S/C24H38N2O5/c1-8-9-10-19(17-11-13-18(14-12-17)22(28)30-7)25-21(27)20(15-16(2)3)26-23(29)31-24(4,5)6/h11-14,16,19-20H,8-10,15H2,1-7H3,(H,25,27)(H,26,29)/t19-,20?/m1/s1. The molecule has 1 unspecified atom stereocenters. The van der Waals surface area contributed by atoms with Gasteiger partial charge in [0.15, 0.2) is 0 Å². The SMILES string of the molecule is CCCC[C@@H](NC(=O)C(CC(C)C)NC(=O)OC(C)(C)C)c1ccc(C(=O)OC)cc1. The largest absolute Gasteiger partial charge is 0.465 e. The second-order valence-corrected chi connectivity index (χ2v) is 9.15. The van der Waals surface area contributed by atoms with Crippen molar-refractivity contribution in [1.29, 1.82) is 0 Å². The van der Waals surface area contributed by atoms with Crippen molar-refractivity contribution < 1.29 is 23.9 Å². The number of rotatable bonds is 10. The molecular weight excluding hydrogens is 396 g/mol. The minimum atomic E-state index is -0.701. The molecule has 0 heterocycles. The van der Waals surface area contributed by atoms with Crippen LogP contribution in [-0.4, -0.2) is 36.7 Å². The van der Waals surface area contributed by atoms with Crippen LogP contribution in [0.4, 0.5) is 4.79 Å². The van der Waals surface area contributed by atoms with E-state index in [4.69, 9.17) is 9.47 Å². The second-order valence-electron chi connectivity index (χ2n) is 9.15. The molecule has 7 nitrogen and oxygen atoms in total. The molecule has 2 N–H and O–H groups in total. The summed E-state index contributed by atoms with van der Waals surface area (Å²) in [5.74, 6) is -0.448. The fourth-order valence-electron chi connectivity index (χ4n) is 3.12. The third kappa shape index (κ3) is 9.85. The van der Waals surface area contributed by atoms with Gasteiger partial charge in [0.2, 0.25) is 5.91 Å². The first kappa shape index (κ1) is 26.5. The average molecular weight is 435 g/mol. The number of nitrogens with one attached hydrogen (secondary N) is 2. The summed E-state index contributed by atoms with van der Waals surface area (Å²) >= 11 is 0. The summed E-state index contributed by atoms with van der Waals surface area (Å²) < 4.78 is 10.1. The van der Waals surface area contributed by atoms with E-state index in [1.165, 1.54) is 7.11 Å². The first-order valence-electron chi connectivity index (χ1n) is 10.9. The molecule has 0 aliphatic heterocycles. The van der Waals surface area contributed by atoms with Crippen molar-refractivity contribution in [2.24, 2.45) is 5.92 Å². The van der Waals surface area contributed by atoms with Crippen molar-refractivity contribution >= 4 is 18.0 Å². The van der Waals surface area contributed by atoms with Gasteiger partial charge in [-0.2, -0.15) is 0 Å². The number of methoxy groups -OCH3 is 1. The Morgan fingerprint density at radius 1 is 1.03 bits per heavy atom. The third-order valence-electron chi connectivity index (χ3n) is 4.61. The molecule has 2 amide bonds. The van der Waals surface area contributed by atoms with Crippen molar-refractivity contribution in [3.05, 3.63) is 35.4 Å². The number of amides is 2. The summed E-state index contributed by atoms with van der Waals surface area (Å²) in [4.78, 5) is 37.0. The van der Waals surface area contributed by atoms with E-state index in [0.29, 0.717) is 12.0 Å². The van der Waals surface area contributed by atoms with Crippen LogP contribution in [0.2, 0.25) is 0 Å². The van der Waals surface area contributed by atoms with Crippen LogP contribution in [-0.2, 0) is 14.3 Å². The molecule has 1 rings (SSSR count). The van der Waals surface area contributed by atoms with Crippen LogP contribution < -0.4 is 10.6 Å². The van der Waals surface area contributed by atoms with E-state index in [2.05, 4.69) is 17.6 Å². The molecule has 0 bridgehead atoms. The van der Waals surface area contributed by atoms with Gasteiger partial charge in [-0.15, -0.1) is 0 Å². The molecule has 174 valence electrons. The molecule has 0 fully saturated rings. The van der Waals surface area contributed by atoms with Gasteiger partial charge in [0.1, 0.15) is 11.6 Å². The number of hydrogen-bond acceptors (Lipinski definition) is 5. The van der Waals surface area contributed by atoms with Crippen LogP contribution in [0.25, 0.3) is 0 Å². The minimum Gasteiger partial charge on any atom is -0.465 e. The van der Waals surface area contributed by atoms with Crippen molar-refractivity contribution in [1.82, 2.24) is 10.6 Å². The lowest BCUT2D eigenvalue weighted by molar-refractivity contribution is -0.124. The van der Waals surface area contributed by atoms with Gasteiger partial charge in [0, 0.05) is 0 Å². The van der Waals surface area contributed by atoms with Crippen LogP contribution >= 0.6 is 0 Å². The Bertz CT molecular complexity index is 722. The summed E-state index contributed by atoms with van der Waals surface area (Å²) in [6, 6.07) is 6.10. The number of alkyl carbamates (subject to hydrolysis) is 1. The molecule has 0 saturated carbocycles. The van der Waals surface area contributed by atoms with Gasteiger partial charge in [-0.1, -0.05) is 45.7 Å². The summed E-state index contributed by atoms with van der Waals surface area (Å²) in [5.41, 5.74) is 0.708. The minimum absolute atomic E-state index is 0.208. The maximum absolute atomic E-state index is 13.1. The Labute approximate surface area is 186 Å². The molecule has 0 aliphatic rings. The van der Waals surface area contributed by atoms with Crippen LogP contribution in [0.3, 0.4) is 0 Å². The lowest BCUT2D eigenvalue weighted by Gasteiger charge is -2.26. The highest BCUT2D eigenvalue weighted by atomic mass is 16.6. The van der Waals surface area contributed by atoms with E-state index in [9.17, 15) is 14.4 Å². The highest BCUT2D eigenvalue weighted by molar-refractivity contribution is 5.89. The van der Waals surface area contributed by atoms with Gasteiger partial charge < -0.3 is 20.1 Å². The topological polar surface area (TPSA) is 93.7 Å². The molecule has 2 atom stereocenters. The van der Waals surface area contributed by atoms with Gasteiger partial charge in [-0.05, 0) is 57.2 Å².